The Morgan fingerprint density at radius 3 is 1.71 bits per heavy atom. The summed E-state index contributed by atoms with van der Waals surface area (Å²) in [6.07, 6.45) is -0.388. The number of carboxylic acid groups (broad SMARTS) is 2. The smallest absolute Gasteiger partial charge is 0.305 e. The molecule has 0 heterocycles. The second-order valence-corrected chi connectivity index (χ2v) is 4.44. The van der Waals surface area contributed by atoms with Crippen LogP contribution in [0, 0.1) is 5.41 Å². The van der Waals surface area contributed by atoms with Crippen molar-refractivity contribution in [1.29, 1.82) is 0 Å². The van der Waals surface area contributed by atoms with Crippen LogP contribution < -0.4 is 5.73 Å². The van der Waals surface area contributed by atoms with Gasteiger partial charge in [0.15, 0.2) is 0 Å². The lowest BCUT2D eigenvalue weighted by molar-refractivity contribution is -0.144. The molecule has 0 aromatic carbocycles. The molecule has 0 amide bonds. The van der Waals surface area contributed by atoms with Gasteiger partial charge in [-0.1, -0.05) is 13.8 Å². The molecule has 0 aromatic rings. The highest BCUT2D eigenvalue weighted by atomic mass is 16.4. The van der Waals surface area contributed by atoms with Crippen molar-refractivity contribution in [3.63, 3.8) is 0 Å². The van der Waals surface area contributed by atoms with Crippen LogP contribution >= 0.6 is 0 Å². The third-order valence-electron chi connectivity index (χ3n) is 2.66. The van der Waals surface area contributed by atoms with Crippen LogP contribution in [-0.4, -0.2) is 27.7 Å². The average molecular weight is 203 g/mol. The van der Waals surface area contributed by atoms with Crippen molar-refractivity contribution in [3.8, 4) is 0 Å². The number of hydrogen-bond acceptors (Lipinski definition) is 3. The molecule has 0 saturated heterocycles. The van der Waals surface area contributed by atoms with E-state index in [0.717, 1.165) is 0 Å². The fourth-order valence-corrected chi connectivity index (χ4v) is 1.13. The van der Waals surface area contributed by atoms with Gasteiger partial charge in [-0.3, -0.25) is 9.59 Å². The first kappa shape index (κ1) is 12.9. The number of aliphatic carboxylic acids is 2. The Bertz CT molecular complexity index is 219. The van der Waals surface area contributed by atoms with E-state index in [2.05, 4.69) is 0 Å². The molecule has 0 aliphatic rings. The van der Waals surface area contributed by atoms with Crippen LogP contribution in [0.15, 0.2) is 0 Å². The third-order valence-corrected chi connectivity index (χ3v) is 2.66. The summed E-state index contributed by atoms with van der Waals surface area (Å²) in [5, 5.41) is 17.3. The Morgan fingerprint density at radius 1 is 1.07 bits per heavy atom. The Labute approximate surface area is 82.9 Å². The molecular weight excluding hydrogens is 186 g/mol. The Morgan fingerprint density at radius 2 is 1.43 bits per heavy atom. The van der Waals surface area contributed by atoms with Crippen molar-refractivity contribution >= 4 is 11.9 Å². The van der Waals surface area contributed by atoms with Gasteiger partial charge in [-0.2, -0.15) is 0 Å². The van der Waals surface area contributed by atoms with Crippen LogP contribution in [0.25, 0.3) is 0 Å². The van der Waals surface area contributed by atoms with E-state index in [1.165, 1.54) is 0 Å². The van der Waals surface area contributed by atoms with Crippen molar-refractivity contribution in [3.05, 3.63) is 0 Å². The summed E-state index contributed by atoms with van der Waals surface area (Å²) in [6, 6.07) is 0. The molecule has 0 saturated carbocycles. The van der Waals surface area contributed by atoms with Gasteiger partial charge in [-0.25, -0.2) is 0 Å². The zero-order valence-corrected chi connectivity index (χ0v) is 8.70. The largest absolute Gasteiger partial charge is 0.481 e. The maximum absolute atomic E-state index is 10.5. The first-order valence-corrected chi connectivity index (χ1v) is 4.31. The quantitative estimate of drug-likeness (QED) is 0.610. The Kier molecular flexibility index (Phi) is 3.65. The van der Waals surface area contributed by atoms with Gasteiger partial charge in [0.05, 0.1) is 12.8 Å². The number of carbonyl (C=O) groups is 2. The molecule has 0 spiro atoms. The summed E-state index contributed by atoms with van der Waals surface area (Å²) in [4.78, 5) is 21.1. The van der Waals surface area contributed by atoms with E-state index in [1.54, 1.807) is 20.8 Å². The summed E-state index contributed by atoms with van der Waals surface area (Å²) >= 11 is 0. The molecule has 1 unspecified atom stereocenters. The van der Waals surface area contributed by atoms with Gasteiger partial charge in [0.1, 0.15) is 0 Å². The second-order valence-electron chi connectivity index (χ2n) is 4.44. The van der Waals surface area contributed by atoms with Gasteiger partial charge >= 0.3 is 11.9 Å². The SMILES string of the molecule is CC(C)(CC(=O)O)C(C)(N)CC(=O)O. The number of nitrogens with two attached hydrogens (primary N) is 1. The number of rotatable bonds is 5. The van der Waals surface area contributed by atoms with Crippen molar-refractivity contribution in [1.82, 2.24) is 0 Å². The standard InChI is InChI=1S/C9H17NO4/c1-8(2,4-6(11)12)9(3,10)5-7(13)14/h4-5,10H2,1-3H3,(H,11,12)(H,13,14). The zero-order chi connectivity index (χ0) is 11.6. The van der Waals surface area contributed by atoms with Crippen LogP contribution in [0.4, 0.5) is 0 Å². The van der Waals surface area contributed by atoms with Gasteiger partial charge in [-0.05, 0) is 12.3 Å². The van der Waals surface area contributed by atoms with Gasteiger partial charge < -0.3 is 15.9 Å². The van der Waals surface area contributed by atoms with Crippen LogP contribution in [0.2, 0.25) is 0 Å². The Hall–Kier alpha value is -1.10. The van der Waals surface area contributed by atoms with Crippen LogP contribution in [0.5, 0.6) is 0 Å². The molecule has 5 nitrogen and oxygen atoms in total. The summed E-state index contributed by atoms with van der Waals surface area (Å²) in [5.41, 5.74) is 4.02. The van der Waals surface area contributed by atoms with E-state index in [9.17, 15) is 9.59 Å². The lowest BCUT2D eigenvalue weighted by Gasteiger charge is -2.39. The third kappa shape index (κ3) is 3.33. The predicted octanol–water partition coefficient (Wildman–Crippen LogP) is 0.679. The summed E-state index contributed by atoms with van der Waals surface area (Å²) in [7, 11) is 0. The molecule has 4 N–H and O–H groups in total. The van der Waals surface area contributed by atoms with Crippen LogP contribution in [-0.2, 0) is 9.59 Å². The molecule has 82 valence electrons. The van der Waals surface area contributed by atoms with E-state index in [0.29, 0.717) is 0 Å². The molecule has 1 atom stereocenters. The number of hydrogen-bond donors (Lipinski definition) is 3. The minimum Gasteiger partial charge on any atom is -0.481 e. The van der Waals surface area contributed by atoms with Gasteiger partial charge in [0.2, 0.25) is 0 Å². The molecule has 0 bridgehead atoms. The molecule has 0 radical (unpaired) electrons. The van der Waals surface area contributed by atoms with E-state index < -0.39 is 22.9 Å². The van der Waals surface area contributed by atoms with Crippen molar-refractivity contribution in [2.45, 2.75) is 39.2 Å². The van der Waals surface area contributed by atoms with E-state index in [-0.39, 0.29) is 12.8 Å². The number of carboxylic acids is 2. The zero-order valence-electron chi connectivity index (χ0n) is 8.70. The van der Waals surface area contributed by atoms with Crippen molar-refractivity contribution < 1.29 is 19.8 Å². The van der Waals surface area contributed by atoms with Crippen molar-refractivity contribution in [2.24, 2.45) is 11.1 Å². The van der Waals surface area contributed by atoms with E-state index in [1.807, 2.05) is 0 Å². The maximum Gasteiger partial charge on any atom is 0.305 e. The topological polar surface area (TPSA) is 101 Å². The first-order chi connectivity index (χ1) is 6.08. The summed E-state index contributed by atoms with van der Waals surface area (Å²) in [5.74, 6) is -1.99. The highest BCUT2D eigenvalue weighted by molar-refractivity contribution is 5.70. The molecule has 5 heteroatoms. The minimum atomic E-state index is -1.03. The van der Waals surface area contributed by atoms with Gasteiger partial charge in [0.25, 0.3) is 0 Å². The fourth-order valence-electron chi connectivity index (χ4n) is 1.13. The Balaban J connectivity index is 4.67. The van der Waals surface area contributed by atoms with Crippen molar-refractivity contribution in [2.75, 3.05) is 0 Å². The molecule has 0 rings (SSSR count). The first-order valence-electron chi connectivity index (χ1n) is 4.31. The lowest BCUT2D eigenvalue weighted by Crippen LogP contribution is -2.52. The molecule has 0 fully saturated rings. The monoisotopic (exact) mass is 203 g/mol. The van der Waals surface area contributed by atoms with Crippen LogP contribution in [0.3, 0.4) is 0 Å². The normalized spacial score (nSPS) is 16.0. The maximum atomic E-state index is 10.5. The van der Waals surface area contributed by atoms with Gasteiger partial charge in [-0.15, -0.1) is 0 Å². The average Bonchev–Trinajstić information content (AvgIpc) is 1.78. The minimum absolute atomic E-state index is 0.146. The summed E-state index contributed by atoms with van der Waals surface area (Å²) in [6.45, 7) is 4.87. The molecule has 14 heavy (non-hydrogen) atoms. The second kappa shape index (κ2) is 3.96. The van der Waals surface area contributed by atoms with Gasteiger partial charge in [0, 0.05) is 5.54 Å². The lowest BCUT2D eigenvalue weighted by atomic mass is 9.70. The predicted molar refractivity (Wildman–Crippen MR) is 50.9 cm³/mol. The van der Waals surface area contributed by atoms with E-state index in [4.69, 9.17) is 15.9 Å². The van der Waals surface area contributed by atoms with Crippen LogP contribution in [0.1, 0.15) is 33.6 Å². The molecule has 0 aliphatic heterocycles. The summed E-state index contributed by atoms with van der Waals surface area (Å²) < 4.78 is 0. The molecule has 0 aromatic heterocycles. The highest BCUT2D eigenvalue weighted by Gasteiger charge is 2.40. The molecular formula is C9H17NO4. The molecule has 0 aliphatic carbocycles. The van der Waals surface area contributed by atoms with E-state index >= 15 is 0 Å². The fraction of sp³-hybridized carbons (Fsp3) is 0.778. The highest BCUT2D eigenvalue weighted by Crippen LogP contribution is 2.34.